The van der Waals surface area contributed by atoms with E-state index >= 15 is 0 Å². The average molecular weight is 425 g/mol. The number of nitrogens with one attached hydrogen (secondary N) is 2. The summed E-state index contributed by atoms with van der Waals surface area (Å²) in [5, 5.41) is 5.61. The van der Waals surface area contributed by atoms with E-state index in [-0.39, 0.29) is 12.1 Å². The summed E-state index contributed by atoms with van der Waals surface area (Å²) in [7, 11) is 3.75. The number of methoxy groups -OCH3 is 1. The third kappa shape index (κ3) is 6.29. The number of amides is 2. The number of carbonyl (C=O) groups is 2. The average Bonchev–Trinajstić information content (AvgIpc) is 2.81. The van der Waals surface area contributed by atoms with Crippen molar-refractivity contribution >= 4 is 11.8 Å². The zero-order valence-electron chi connectivity index (χ0n) is 18.5. The van der Waals surface area contributed by atoms with Crippen LogP contribution in [-0.4, -0.2) is 68.5 Å². The maximum atomic E-state index is 12.5. The molecule has 0 bridgehead atoms. The Morgan fingerprint density at radius 3 is 2.19 bits per heavy atom. The molecule has 7 heteroatoms. The molecule has 0 radical (unpaired) electrons. The number of benzene rings is 2. The molecular formula is C24H32N4O3. The summed E-state index contributed by atoms with van der Waals surface area (Å²) in [5.74, 6) is -0.446. The van der Waals surface area contributed by atoms with Crippen molar-refractivity contribution in [2.45, 2.75) is 19.0 Å². The van der Waals surface area contributed by atoms with Crippen molar-refractivity contribution < 1.29 is 14.3 Å². The van der Waals surface area contributed by atoms with Crippen LogP contribution in [0, 0.1) is 0 Å². The van der Waals surface area contributed by atoms with E-state index in [0.717, 1.165) is 43.1 Å². The molecule has 0 saturated carbocycles. The van der Waals surface area contributed by atoms with Crippen LogP contribution < -0.4 is 15.4 Å². The number of rotatable bonds is 7. The molecule has 0 spiro atoms. The van der Waals surface area contributed by atoms with E-state index in [9.17, 15) is 9.59 Å². The fourth-order valence-corrected chi connectivity index (χ4v) is 3.77. The third-order valence-electron chi connectivity index (χ3n) is 5.79. The Balaban J connectivity index is 1.63. The molecular weight excluding hydrogens is 392 g/mol. The lowest BCUT2D eigenvalue weighted by atomic mass is 10.0. The summed E-state index contributed by atoms with van der Waals surface area (Å²) < 4.78 is 5.27. The molecule has 2 atom stereocenters. The van der Waals surface area contributed by atoms with Crippen molar-refractivity contribution in [3.63, 3.8) is 0 Å². The molecule has 1 fully saturated rings. The first kappa shape index (κ1) is 22.8. The molecule has 1 saturated heterocycles. The SMILES string of the molecule is COc1ccc([C@@H](CNC(=O)C(=O)N[C@@H](C)c2ccccc2)N2CCN(C)CC2)cc1. The van der Waals surface area contributed by atoms with Gasteiger partial charge in [0.1, 0.15) is 5.75 Å². The van der Waals surface area contributed by atoms with Crippen LogP contribution in [0.15, 0.2) is 54.6 Å². The highest BCUT2D eigenvalue weighted by atomic mass is 16.5. The molecule has 0 aromatic heterocycles. The van der Waals surface area contributed by atoms with Gasteiger partial charge in [-0.1, -0.05) is 42.5 Å². The van der Waals surface area contributed by atoms with Crippen molar-refractivity contribution in [1.29, 1.82) is 0 Å². The first-order chi connectivity index (χ1) is 15.0. The predicted octanol–water partition coefficient (Wildman–Crippen LogP) is 1.98. The van der Waals surface area contributed by atoms with Crippen molar-refractivity contribution in [2.75, 3.05) is 46.9 Å². The Kier molecular flexibility index (Phi) is 8.03. The highest BCUT2D eigenvalue weighted by Crippen LogP contribution is 2.24. The largest absolute Gasteiger partial charge is 0.497 e. The molecule has 2 aromatic rings. The number of hydrogen-bond donors (Lipinski definition) is 2. The van der Waals surface area contributed by atoms with E-state index < -0.39 is 11.8 Å². The summed E-state index contributed by atoms with van der Waals surface area (Å²) in [4.78, 5) is 29.6. The van der Waals surface area contributed by atoms with Gasteiger partial charge in [-0.3, -0.25) is 14.5 Å². The van der Waals surface area contributed by atoms with Gasteiger partial charge < -0.3 is 20.3 Å². The van der Waals surface area contributed by atoms with Crippen molar-refractivity contribution in [2.24, 2.45) is 0 Å². The highest BCUT2D eigenvalue weighted by molar-refractivity contribution is 6.35. The van der Waals surface area contributed by atoms with E-state index in [4.69, 9.17) is 4.74 Å². The minimum atomic E-state index is -0.622. The second-order valence-corrected chi connectivity index (χ2v) is 7.94. The van der Waals surface area contributed by atoms with Crippen molar-refractivity contribution in [1.82, 2.24) is 20.4 Å². The maximum absolute atomic E-state index is 12.5. The first-order valence-corrected chi connectivity index (χ1v) is 10.7. The minimum absolute atomic E-state index is 0.0112. The lowest BCUT2D eigenvalue weighted by Crippen LogP contribution is -2.49. The zero-order valence-corrected chi connectivity index (χ0v) is 18.5. The number of likely N-dealkylation sites (N-methyl/N-ethyl adjacent to an activating group) is 1. The van der Waals surface area contributed by atoms with E-state index in [1.54, 1.807) is 7.11 Å². The van der Waals surface area contributed by atoms with Gasteiger partial charge in [0.15, 0.2) is 0 Å². The summed E-state index contributed by atoms with van der Waals surface area (Å²) >= 11 is 0. The van der Waals surface area contributed by atoms with Crippen LogP contribution >= 0.6 is 0 Å². The van der Waals surface area contributed by atoms with Crippen LogP contribution in [0.25, 0.3) is 0 Å². The Hall–Kier alpha value is -2.90. The number of ether oxygens (including phenoxy) is 1. The fraction of sp³-hybridized carbons (Fsp3) is 0.417. The molecule has 166 valence electrons. The van der Waals surface area contributed by atoms with Crippen LogP contribution in [-0.2, 0) is 9.59 Å². The molecule has 2 aromatic carbocycles. The van der Waals surface area contributed by atoms with E-state index in [0.29, 0.717) is 6.54 Å². The number of carbonyl (C=O) groups excluding carboxylic acids is 2. The lowest BCUT2D eigenvalue weighted by molar-refractivity contribution is -0.139. The van der Waals surface area contributed by atoms with Gasteiger partial charge in [0.05, 0.1) is 19.2 Å². The van der Waals surface area contributed by atoms with E-state index in [1.807, 2.05) is 61.5 Å². The summed E-state index contributed by atoms with van der Waals surface area (Å²) in [6, 6.07) is 17.2. The molecule has 1 aliphatic rings. The van der Waals surface area contributed by atoms with Gasteiger partial charge in [-0.25, -0.2) is 0 Å². The van der Waals surface area contributed by atoms with Crippen LogP contribution in [0.2, 0.25) is 0 Å². The maximum Gasteiger partial charge on any atom is 0.309 e. The quantitative estimate of drug-likeness (QED) is 0.665. The zero-order chi connectivity index (χ0) is 22.2. The van der Waals surface area contributed by atoms with Crippen molar-refractivity contribution in [3.05, 3.63) is 65.7 Å². The normalized spacial score (nSPS) is 16.9. The summed E-state index contributed by atoms with van der Waals surface area (Å²) in [6.45, 7) is 5.97. The molecule has 3 rings (SSSR count). The third-order valence-corrected chi connectivity index (χ3v) is 5.79. The molecule has 0 unspecified atom stereocenters. The molecule has 1 heterocycles. The van der Waals surface area contributed by atoms with Gasteiger partial charge in [-0.2, -0.15) is 0 Å². The minimum Gasteiger partial charge on any atom is -0.497 e. The Bertz CT molecular complexity index is 849. The second-order valence-electron chi connectivity index (χ2n) is 7.94. The predicted molar refractivity (Wildman–Crippen MR) is 121 cm³/mol. The van der Waals surface area contributed by atoms with Gasteiger partial charge in [0.25, 0.3) is 0 Å². The van der Waals surface area contributed by atoms with Crippen molar-refractivity contribution in [3.8, 4) is 5.75 Å². The molecule has 7 nitrogen and oxygen atoms in total. The van der Waals surface area contributed by atoms with Crippen LogP contribution in [0.1, 0.15) is 30.1 Å². The number of piperazine rings is 1. The monoisotopic (exact) mass is 424 g/mol. The Morgan fingerprint density at radius 1 is 0.935 bits per heavy atom. The number of nitrogens with zero attached hydrogens (tertiary/aromatic N) is 2. The topological polar surface area (TPSA) is 73.9 Å². The van der Waals surface area contributed by atoms with Gasteiger partial charge in [-0.15, -0.1) is 0 Å². The van der Waals surface area contributed by atoms with Gasteiger partial charge in [0, 0.05) is 32.7 Å². The lowest BCUT2D eigenvalue weighted by Gasteiger charge is -2.38. The Labute approximate surface area is 184 Å². The van der Waals surface area contributed by atoms with Gasteiger partial charge in [0.2, 0.25) is 0 Å². The van der Waals surface area contributed by atoms with E-state index in [2.05, 4.69) is 27.5 Å². The molecule has 2 N–H and O–H groups in total. The van der Waals surface area contributed by atoms with Crippen LogP contribution in [0.3, 0.4) is 0 Å². The van der Waals surface area contributed by atoms with Crippen LogP contribution in [0.4, 0.5) is 0 Å². The smallest absolute Gasteiger partial charge is 0.309 e. The summed E-state index contributed by atoms with van der Waals surface area (Å²) in [5.41, 5.74) is 2.04. The molecule has 2 amide bonds. The van der Waals surface area contributed by atoms with E-state index in [1.165, 1.54) is 0 Å². The van der Waals surface area contributed by atoms with Crippen LogP contribution in [0.5, 0.6) is 5.75 Å². The second kappa shape index (κ2) is 10.9. The standard InChI is InChI=1S/C24H32N4O3/c1-18(19-7-5-4-6-8-19)26-24(30)23(29)25-17-22(28-15-13-27(2)14-16-28)20-9-11-21(31-3)12-10-20/h4-12,18,22H,13-17H2,1-3H3,(H,25,29)(H,26,30)/t18-,22+/m0/s1. The highest BCUT2D eigenvalue weighted by Gasteiger charge is 2.26. The number of hydrogen-bond acceptors (Lipinski definition) is 5. The Morgan fingerprint density at radius 2 is 1.58 bits per heavy atom. The fourth-order valence-electron chi connectivity index (χ4n) is 3.77. The molecule has 0 aliphatic carbocycles. The molecule has 1 aliphatic heterocycles. The van der Waals surface area contributed by atoms with Gasteiger partial charge >= 0.3 is 11.8 Å². The first-order valence-electron chi connectivity index (χ1n) is 10.7. The molecule has 31 heavy (non-hydrogen) atoms. The van der Waals surface area contributed by atoms with Gasteiger partial charge in [-0.05, 0) is 37.2 Å². The summed E-state index contributed by atoms with van der Waals surface area (Å²) in [6.07, 6.45) is 0.